The molecule has 3 heterocycles. The van der Waals surface area contributed by atoms with Crippen LogP contribution in [0.15, 0.2) is 27.4 Å². The lowest BCUT2D eigenvalue weighted by Gasteiger charge is -2.37. The molecule has 0 saturated carbocycles. The van der Waals surface area contributed by atoms with Crippen LogP contribution in [0.1, 0.15) is 42.9 Å². The Balaban J connectivity index is 1.81. The summed E-state index contributed by atoms with van der Waals surface area (Å²) >= 11 is 0. The summed E-state index contributed by atoms with van der Waals surface area (Å²) in [6, 6.07) is 5.93. The maximum Gasteiger partial charge on any atom is 0.343 e. The Morgan fingerprint density at radius 3 is 2.85 bits per heavy atom. The van der Waals surface area contributed by atoms with Gasteiger partial charge in [-0.3, -0.25) is 4.79 Å². The van der Waals surface area contributed by atoms with Gasteiger partial charge in [0, 0.05) is 36.1 Å². The predicted octanol–water partition coefficient (Wildman–Crippen LogP) is 3.62. The molecular formula is C22H22N2O3. The second-order valence-electron chi connectivity index (χ2n) is 7.25. The van der Waals surface area contributed by atoms with E-state index < -0.39 is 11.5 Å². The Morgan fingerprint density at radius 1 is 1.33 bits per heavy atom. The molecule has 0 radical (unpaired) electrons. The number of nitrogens with zero attached hydrogens (tertiary/aromatic N) is 2. The van der Waals surface area contributed by atoms with Crippen molar-refractivity contribution >= 4 is 28.5 Å². The number of hydrogen-bond acceptors (Lipinski definition) is 5. The fourth-order valence-corrected chi connectivity index (χ4v) is 4.22. The Kier molecular flexibility index (Phi) is 4.57. The van der Waals surface area contributed by atoms with Crippen LogP contribution in [0.4, 0.5) is 5.69 Å². The van der Waals surface area contributed by atoms with Crippen molar-refractivity contribution in [3.8, 4) is 6.07 Å². The summed E-state index contributed by atoms with van der Waals surface area (Å²) < 4.78 is 5.71. The molecule has 0 spiro atoms. The van der Waals surface area contributed by atoms with Crippen LogP contribution in [0.25, 0.3) is 17.0 Å². The molecule has 0 saturated heterocycles. The number of carbonyl (C=O) groups is 1. The van der Waals surface area contributed by atoms with E-state index in [0.717, 1.165) is 49.7 Å². The smallest absolute Gasteiger partial charge is 0.343 e. The Bertz CT molecular complexity index is 1040. The minimum atomic E-state index is -0.830. The molecular weight excluding hydrogens is 340 g/mol. The molecule has 2 aliphatic heterocycles. The van der Waals surface area contributed by atoms with Gasteiger partial charge in [0.2, 0.25) is 0 Å². The van der Waals surface area contributed by atoms with Crippen molar-refractivity contribution in [2.24, 2.45) is 5.92 Å². The molecule has 0 N–H and O–H groups in total. The van der Waals surface area contributed by atoms with Gasteiger partial charge in [-0.15, -0.1) is 0 Å². The fraction of sp³-hybridized carbons (Fsp3) is 0.409. The summed E-state index contributed by atoms with van der Waals surface area (Å²) in [5.74, 6) is -0.985. The number of fused-ring (bicyclic) bond motifs is 2. The third kappa shape index (κ3) is 3.06. The van der Waals surface area contributed by atoms with Crippen LogP contribution in [0, 0.1) is 17.2 Å². The predicted molar refractivity (Wildman–Crippen MR) is 105 cm³/mol. The second-order valence-corrected chi connectivity index (χ2v) is 7.25. The van der Waals surface area contributed by atoms with Gasteiger partial charge in [-0.1, -0.05) is 13.0 Å². The molecule has 2 aliphatic rings. The minimum absolute atomic E-state index is 0.155. The molecule has 27 heavy (non-hydrogen) atoms. The van der Waals surface area contributed by atoms with Gasteiger partial charge in [-0.25, -0.2) is 4.79 Å². The third-order valence-electron chi connectivity index (χ3n) is 5.55. The van der Waals surface area contributed by atoms with E-state index in [-0.39, 0.29) is 5.78 Å². The summed E-state index contributed by atoms with van der Waals surface area (Å²) in [5.41, 5.74) is 4.37. The van der Waals surface area contributed by atoms with Crippen molar-refractivity contribution in [3.05, 3.63) is 45.3 Å². The first-order valence-electron chi connectivity index (χ1n) is 9.60. The van der Waals surface area contributed by atoms with Crippen molar-refractivity contribution in [1.29, 1.82) is 5.26 Å². The van der Waals surface area contributed by atoms with Gasteiger partial charge in [-0.2, -0.15) is 5.26 Å². The van der Waals surface area contributed by atoms with Crippen LogP contribution in [0.2, 0.25) is 0 Å². The molecule has 2 aromatic rings. The molecule has 1 aromatic heterocycles. The summed E-state index contributed by atoms with van der Waals surface area (Å²) in [6.07, 6.45) is 7.51. The standard InChI is InChI=1S/C22H22N2O3/c1-2-19(25)16(13-23)8-7-15-12-17-11-14-5-3-9-24-10-4-6-18(20(14)24)21(17)27-22(15)26/h7-8,11-12,16H,2-6,9-10H2,1H3/b8-7+. The Morgan fingerprint density at radius 2 is 2.11 bits per heavy atom. The van der Waals surface area contributed by atoms with E-state index in [1.807, 2.05) is 12.1 Å². The monoisotopic (exact) mass is 362 g/mol. The number of Topliss-reactive ketones (excluding diaryl/α,β-unsaturated/α-hetero) is 1. The van der Waals surface area contributed by atoms with E-state index in [0.29, 0.717) is 17.6 Å². The first-order chi connectivity index (χ1) is 13.1. The highest BCUT2D eigenvalue weighted by atomic mass is 16.4. The average molecular weight is 362 g/mol. The van der Waals surface area contributed by atoms with Crippen molar-refractivity contribution in [1.82, 2.24) is 0 Å². The number of hydrogen-bond donors (Lipinski definition) is 0. The first-order valence-corrected chi connectivity index (χ1v) is 9.60. The Hall–Kier alpha value is -2.87. The maximum atomic E-state index is 12.5. The van der Waals surface area contributed by atoms with E-state index in [1.54, 1.807) is 13.0 Å². The fourth-order valence-electron chi connectivity index (χ4n) is 4.22. The van der Waals surface area contributed by atoms with Crippen molar-refractivity contribution in [2.75, 3.05) is 18.0 Å². The number of nitriles is 1. The molecule has 1 unspecified atom stereocenters. The van der Waals surface area contributed by atoms with Crippen LogP contribution in [-0.4, -0.2) is 18.9 Å². The highest BCUT2D eigenvalue weighted by Gasteiger charge is 2.27. The number of allylic oxidation sites excluding steroid dienone is 1. The van der Waals surface area contributed by atoms with Crippen LogP contribution < -0.4 is 10.5 Å². The summed E-state index contributed by atoms with van der Waals surface area (Å²) in [4.78, 5) is 26.7. The molecule has 0 fully saturated rings. The van der Waals surface area contributed by atoms with E-state index in [9.17, 15) is 9.59 Å². The second kappa shape index (κ2) is 7.03. The van der Waals surface area contributed by atoms with Crippen molar-refractivity contribution < 1.29 is 9.21 Å². The average Bonchev–Trinajstić information content (AvgIpc) is 2.69. The van der Waals surface area contributed by atoms with Gasteiger partial charge in [0.25, 0.3) is 0 Å². The molecule has 138 valence electrons. The first kappa shape index (κ1) is 17.5. The third-order valence-corrected chi connectivity index (χ3v) is 5.55. The van der Waals surface area contributed by atoms with Gasteiger partial charge in [0.15, 0.2) is 5.78 Å². The highest BCUT2D eigenvalue weighted by Crippen LogP contribution is 2.39. The zero-order valence-corrected chi connectivity index (χ0v) is 15.5. The molecule has 1 atom stereocenters. The van der Waals surface area contributed by atoms with E-state index >= 15 is 0 Å². The van der Waals surface area contributed by atoms with E-state index in [2.05, 4.69) is 11.0 Å². The molecule has 0 aliphatic carbocycles. The molecule has 1 aromatic carbocycles. The van der Waals surface area contributed by atoms with Gasteiger partial charge in [-0.05, 0) is 49.5 Å². The lowest BCUT2D eigenvalue weighted by molar-refractivity contribution is -0.119. The molecule has 0 amide bonds. The van der Waals surface area contributed by atoms with Gasteiger partial charge in [0.05, 0.1) is 11.6 Å². The normalized spacial score (nSPS) is 17.0. The van der Waals surface area contributed by atoms with Crippen LogP contribution in [0.5, 0.6) is 0 Å². The number of rotatable bonds is 4. The number of carbonyl (C=O) groups excluding carboxylic acids is 1. The largest absolute Gasteiger partial charge is 0.422 e. The van der Waals surface area contributed by atoms with Gasteiger partial charge >= 0.3 is 5.63 Å². The zero-order valence-electron chi connectivity index (χ0n) is 15.5. The topological polar surface area (TPSA) is 74.3 Å². The van der Waals surface area contributed by atoms with E-state index in [1.165, 1.54) is 17.3 Å². The lowest BCUT2D eigenvalue weighted by atomic mass is 9.90. The summed E-state index contributed by atoms with van der Waals surface area (Å²) in [6.45, 7) is 3.86. The molecule has 4 rings (SSSR count). The van der Waals surface area contributed by atoms with Crippen molar-refractivity contribution in [3.63, 3.8) is 0 Å². The number of anilines is 1. The minimum Gasteiger partial charge on any atom is -0.422 e. The zero-order chi connectivity index (χ0) is 19.0. The van der Waals surface area contributed by atoms with E-state index in [4.69, 9.17) is 9.68 Å². The maximum absolute atomic E-state index is 12.5. The molecule has 5 heteroatoms. The van der Waals surface area contributed by atoms with Crippen LogP contribution in [-0.2, 0) is 17.6 Å². The SMILES string of the molecule is CCC(=O)C(C#N)/C=C/c1cc2cc3c4c(c2oc1=O)CCCN4CCC3. The van der Waals surface area contributed by atoms with Crippen LogP contribution >= 0.6 is 0 Å². The van der Waals surface area contributed by atoms with Crippen molar-refractivity contribution in [2.45, 2.75) is 39.0 Å². The summed E-state index contributed by atoms with van der Waals surface area (Å²) in [7, 11) is 0. The Labute approximate surface area is 157 Å². The summed E-state index contributed by atoms with van der Waals surface area (Å²) in [5, 5.41) is 10.1. The highest BCUT2D eigenvalue weighted by molar-refractivity contribution is 5.90. The van der Waals surface area contributed by atoms with Crippen LogP contribution in [0.3, 0.4) is 0 Å². The lowest BCUT2D eigenvalue weighted by Crippen LogP contribution is -2.34. The van der Waals surface area contributed by atoms with Gasteiger partial charge in [0.1, 0.15) is 11.5 Å². The molecule has 0 bridgehead atoms. The number of benzene rings is 1. The quantitative estimate of drug-likeness (QED) is 0.777. The number of ketones is 1. The van der Waals surface area contributed by atoms with Gasteiger partial charge < -0.3 is 9.32 Å². The number of aryl methyl sites for hydroxylation is 2. The molecule has 5 nitrogen and oxygen atoms in total.